The number of hydrogen-bond donors (Lipinski definition) is 0. The van der Waals surface area contributed by atoms with Crippen molar-refractivity contribution in [3.05, 3.63) is 47.3 Å². The lowest BCUT2D eigenvalue weighted by Gasteiger charge is -2.32. The Hall–Kier alpha value is -2.28. The number of hydrogen-bond acceptors (Lipinski definition) is 4. The van der Waals surface area contributed by atoms with E-state index in [1.165, 1.54) is 12.1 Å². The van der Waals surface area contributed by atoms with E-state index in [0.29, 0.717) is 12.1 Å². The largest absolute Gasteiger partial charge is 0.338 e. The highest BCUT2D eigenvalue weighted by molar-refractivity contribution is 5.94. The summed E-state index contributed by atoms with van der Waals surface area (Å²) >= 11 is 0. The first-order valence-electron chi connectivity index (χ1n) is 8.53. The van der Waals surface area contributed by atoms with Gasteiger partial charge in [0.25, 0.3) is 5.91 Å². The maximum atomic E-state index is 13.1. The van der Waals surface area contributed by atoms with Crippen LogP contribution >= 0.6 is 0 Å². The Morgan fingerprint density at radius 2 is 2.00 bits per heavy atom. The average molecular weight is 345 g/mol. The molecule has 1 aromatic carbocycles. The Balaban J connectivity index is 1.74. The third-order valence-corrected chi connectivity index (χ3v) is 4.62. The van der Waals surface area contributed by atoms with Crippen molar-refractivity contribution in [2.45, 2.75) is 25.3 Å². The number of nitrogens with zero attached hydrogens (tertiary/aromatic N) is 5. The Morgan fingerprint density at radius 1 is 1.28 bits per heavy atom. The van der Waals surface area contributed by atoms with Gasteiger partial charge < -0.3 is 14.4 Å². The topological polar surface area (TPSA) is 54.3 Å². The van der Waals surface area contributed by atoms with Crippen LogP contribution in [0.5, 0.6) is 0 Å². The first kappa shape index (κ1) is 17.5. The zero-order valence-corrected chi connectivity index (χ0v) is 14.9. The van der Waals surface area contributed by atoms with Gasteiger partial charge in [0.1, 0.15) is 17.5 Å². The second kappa shape index (κ2) is 7.31. The van der Waals surface area contributed by atoms with E-state index in [2.05, 4.69) is 15.1 Å². The van der Waals surface area contributed by atoms with Crippen LogP contribution in [0.3, 0.4) is 0 Å². The molecule has 2 aromatic rings. The lowest BCUT2D eigenvalue weighted by molar-refractivity contribution is 0.0703. The summed E-state index contributed by atoms with van der Waals surface area (Å²) in [5.41, 5.74) is 0.522. The molecule has 3 rings (SSSR count). The van der Waals surface area contributed by atoms with E-state index in [1.807, 2.05) is 30.6 Å². The van der Waals surface area contributed by atoms with Gasteiger partial charge in [-0.3, -0.25) is 4.79 Å². The lowest BCUT2D eigenvalue weighted by atomic mass is 9.96. The molecule has 1 aliphatic rings. The number of piperidine rings is 1. The third kappa shape index (κ3) is 3.87. The zero-order chi connectivity index (χ0) is 18.0. The molecule has 0 N–H and O–H groups in total. The second-order valence-corrected chi connectivity index (χ2v) is 6.87. The molecule has 2 heterocycles. The number of amides is 1. The quantitative estimate of drug-likeness (QED) is 0.851. The number of aromatic nitrogens is 3. The van der Waals surface area contributed by atoms with Crippen LogP contribution in [0, 0.1) is 5.82 Å². The molecule has 1 amide bonds. The van der Waals surface area contributed by atoms with Crippen LogP contribution in [0.4, 0.5) is 4.39 Å². The minimum Gasteiger partial charge on any atom is -0.338 e. The molecule has 0 saturated carbocycles. The first-order valence-corrected chi connectivity index (χ1v) is 8.53. The van der Waals surface area contributed by atoms with Gasteiger partial charge in [-0.05, 0) is 51.2 Å². The SMILES string of the molecule is CN(C)Cc1nnc(C2CCCN(C(=O)c3ccc(F)cc3)C2)n1C. The summed E-state index contributed by atoms with van der Waals surface area (Å²) in [5, 5.41) is 8.66. The number of likely N-dealkylation sites (tertiary alicyclic amines) is 1. The predicted molar refractivity (Wildman–Crippen MR) is 92.7 cm³/mol. The van der Waals surface area contributed by atoms with E-state index in [4.69, 9.17) is 0 Å². The molecule has 25 heavy (non-hydrogen) atoms. The Labute approximate surface area is 147 Å². The molecule has 1 fully saturated rings. The van der Waals surface area contributed by atoms with Crippen LogP contribution in [0.2, 0.25) is 0 Å². The molecule has 6 nitrogen and oxygen atoms in total. The van der Waals surface area contributed by atoms with Crippen molar-refractivity contribution in [1.29, 1.82) is 0 Å². The van der Waals surface area contributed by atoms with Crippen molar-refractivity contribution in [2.24, 2.45) is 7.05 Å². The lowest BCUT2D eigenvalue weighted by Crippen LogP contribution is -2.39. The van der Waals surface area contributed by atoms with E-state index in [0.717, 1.165) is 37.6 Å². The summed E-state index contributed by atoms with van der Waals surface area (Å²) in [6, 6.07) is 5.73. The summed E-state index contributed by atoms with van der Waals surface area (Å²) in [5.74, 6) is 1.63. The molecular weight excluding hydrogens is 321 g/mol. The molecule has 1 aromatic heterocycles. The van der Waals surface area contributed by atoms with Crippen LogP contribution in [-0.4, -0.2) is 57.7 Å². The minimum atomic E-state index is -0.333. The Bertz CT molecular complexity index is 740. The molecular formula is C18H24FN5O. The van der Waals surface area contributed by atoms with Crippen molar-refractivity contribution in [3.63, 3.8) is 0 Å². The van der Waals surface area contributed by atoms with Crippen molar-refractivity contribution in [1.82, 2.24) is 24.6 Å². The monoisotopic (exact) mass is 345 g/mol. The molecule has 0 bridgehead atoms. The highest BCUT2D eigenvalue weighted by Crippen LogP contribution is 2.27. The highest BCUT2D eigenvalue weighted by atomic mass is 19.1. The number of halogens is 1. The predicted octanol–water partition coefficient (Wildman–Crippen LogP) is 2.04. The van der Waals surface area contributed by atoms with Crippen LogP contribution in [0.1, 0.15) is 40.8 Å². The molecule has 1 saturated heterocycles. The Kier molecular flexibility index (Phi) is 5.13. The molecule has 0 aliphatic carbocycles. The third-order valence-electron chi connectivity index (χ3n) is 4.62. The van der Waals surface area contributed by atoms with Gasteiger partial charge in [0.2, 0.25) is 0 Å². The standard InChI is InChI=1S/C18H24FN5O/c1-22(2)12-16-20-21-17(23(16)3)14-5-4-10-24(11-14)18(25)13-6-8-15(19)9-7-13/h6-9,14H,4-5,10-12H2,1-3H3. The smallest absolute Gasteiger partial charge is 0.253 e. The van der Waals surface area contributed by atoms with Gasteiger partial charge in [-0.1, -0.05) is 0 Å². The minimum absolute atomic E-state index is 0.0552. The van der Waals surface area contributed by atoms with Gasteiger partial charge in [0.05, 0.1) is 6.54 Å². The normalized spacial score (nSPS) is 18.0. The van der Waals surface area contributed by atoms with Crippen LogP contribution in [-0.2, 0) is 13.6 Å². The fourth-order valence-corrected chi connectivity index (χ4v) is 3.30. The van der Waals surface area contributed by atoms with Crippen molar-refractivity contribution >= 4 is 5.91 Å². The van der Waals surface area contributed by atoms with Gasteiger partial charge in [-0.15, -0.1) is 10.2 Å². The highest BCUT2D eigenvalue weighted by Gasteiger charge is 2.28. The maximum absolute atomic E-state index is 13.1. The summed E-state index contributed by atoms with van der Waals surface area (Å²) in [6.07, 6.45) is 1.91. The summed E-state index contributed by atoms with van der Waals surface area (Å²) in [7, 11) is 5.98. The van der Waals surface area contributed by atoms with E-state index in [-0.39, 0.29) is 17.6 Å². The van der Waals surface area contributed by atoms with Crippen molar-refractivity contribution in [2.75, 3.05) is 27.2 Å². The molecule has 1 aliphatic heterocycles. The molecule has 7 heteroatoms. The van der Waals surface area contributed by atoms with Crippen molar-refractivity contribution in [3.8, 4) is 0 Å². The maximum Gasteiger partial charge on any atom is 0.253 e. The van der Waals surface area contributed by atoms with Gasteiger partial charge in [-0.25, -0.2) is 4.39 Å². The molecule has 0 spiro atoms. The van der Waals surface area contributed by atoms with Gasteiger partial charge in [0.15, 0.2) is 0 Å². The fraction of sp³-hybridized carbons (Fsp3) is 0.500. The number of carbonyl (C=O) groups is 1. The Morgan fingerprint density at radius 3 is 2.68 bits per heavy atom. The van der Waals surface area contributed by atoms with E-state index in [1.54, 1.807) is 12.1 Å². The van der Waals surface area contributed by atoms with Crippen LogP contribution < -0.4 is 0 Å². The summed E-state index contributed by atoms with van der Waals surface area (Å²) in [6.45, 7) is 2.06. The van der Waals surface area contributed by atoms with Crippen molar-refractivity contribution < 1.29 is 9.18 Å². The number of rotatable bonds is 4. The van der Waals surface area contributed by atoms with Gasteiger partial charge in [0, 0.05) is 31.6 Å². The van der Waals surface area contributed by atoms with Crippen LogP contribution in [0.25, 0.3) is 0 Å². The van der Waals surface area contributed by atoms with Gasteiger partial charge >= 0.3 is 0 Å². The summed E-state index contributed by atoms with van der Waals surface area (Å²) in [4.78, 5) is 16.6. The molecule has 1 unspecified atom stereocenters. The number of carbonyl (C=O) groups excluding carboxylic acids is 1. The second-order valence-electron chi connectivity index (χ2n) is 6.87. The van der Waals surface area contributed by atoms with E-state index in [9.17, 15) is 9.18 Å². The zero-order valence-electron chi connectivity index (χ0n) is 14.9. The van der Waals surface area contributed by atoms with E-state index < -0.39 is 0 Å². The molecule has 134 valence electrons. The summed E-state index contributed by atoms with van der Waals surface area (Å²) < 4.78 is 15.1. The van der Waals surface area contributed by atoms with Gasteiger partial charge in [-0.2, -0.15) is 0 Å². The molecule has 0 radical (unpaired) electrons. The van der Waals surface area contributed by atoms with E-state index >= 15 is 0 Å². The number of benzene rings is 1. The van der Waals surface area contributed by atoms with Crippen LogP contribution in [0.15, 0.2) is 24.3 Å². The molecule has 1 atom stereocenters. The fourth-order valence-electron chi connectivity index (χ4n) is 3.30. The first-order chi connectivity index (χ1) is 12.0. The average Bonchev–Trinajstić information content (AvgIpc) is 2.95.